The van der Waals surface area contributed by atoms with Crippen LogP contribution < -0.4 is 0 Å². The number of quaternary nitrogens is 1. The van der Waals surface area contributed by atoms with Crippen LogP contribution in [0.2, 0.25) is 0 Å². The van der Waals surface area contributed by atoms with E-state index in [9.17, 15) is 4.79 Å². The van der Waals surface area contributed by atoms with E-state index < -0.39 is 0 Å². The molecule has 2 aliphatic carbocycles. The normalized spacial score (nSPS) is 42.3. The van der Waals surface area contributed by atoms with Gasteiger partial charge in [0, 0.05) is 12.3 Å². The molecular weight excluding hydrogens is 198 g/mol. The molecule has 1 saturated heterocycles. The molecule has 3 rings (SSSR count). The minimum Gasteiger partial charge on any atom is -0.323 e. The number of likely N-dealkylation sites (tertiary alicyclic amines) is 1. The van der Waals surface area contributed by atoms with Gasteiger partial charge < -0.3 is 4.48 Å². The third-order valence-corrected chi connectivity index (χ3v) is 5.51. The van der Waals surface area contributed by atoms with Crippen LogP contribution in [0.4, 0.5) is 0 Å². The van der Waals surface area contributed by atoms with Crippen LogP contribution in [0.3, 0.4) is 0 Å². The molecule has 0 aromatic heterocycles. The summed E-state index contributed by atoms with van der Waals surface area (Å²) in [6, 6.07) is 0.673. The standard InChI is InChI=1S/C14H24NO/c1-15(9-3-2-4-10-15)13-8-6-11-5-7-12(13)14(11)16/h11-13H,2-10H2,1H3/q+1/t11-,12-,13-/m1/s1. The molecule has 2 saturated carbocycles. The summed E-state index contributed by atoms with van der Waals surface area (Å²) in [5, 5.41) is 0. The first-order chi connectivity index (χ1) is 7.71. The third kappa shape index (κ3) is 1.54. The van der Waals surface area contributed by atoms with E-state index in [2.05, 4.69) is 7.05 Å². The Bertz CT molecular complexity index is 293. The van der Waals surface area contributed by atoms with Gasteiger partial charge in [0.25, 0.3) is 0 Å². The number of hydrogen-bond donors (Lipinski definition) is 0. The topological polar surface area (TPSA) is 17.1 Å². The number of ketones is 1. The number of rotatable bonds is 1. The van der Waals surface area contributed by atoms with Crippen molar-refractivity contribution in [2.75, 3.05) is 20.1 Å². The van der Waals surface area contributed by atoms with Gasteiger partial charge in [0.1, 0.15) is 5.78 Å². The summed E-state index contributed by atoms with van der Waals surface area (Å²) in [4.78, 5) is 12.2. The summed E-state index contributed by atoms with van der Waals surface area (Å²) < 4.78 is 1.21. The molecular formula is C14H24NO+. The van der Waals surface area contributed by atoms with Crippen molar-refractivity contribution in [2.45, 2.75) is 51.0 Å². The van der Waals surface area contributed by atoms with Gasteiger partial charge in [-0.25, -0.2) is 0 Å². The zero-order valence-corrected chi connectivity index (χ0v) is 10.5. The Morgan fingerprint density at radius 1 is 1.00 bits per heavy atom. The van der Waals surface area contributed by atoms with Crippen molar-refractivity contribution in [1.82, 2.24) is 0 Å². The average Bonchev–Trinajstić information content (AvgIpc) is 2.53. The Morgan fingerprint density at radius 2 is 1.69 bits per heavy atom. The first-order valence-electron chi connectivity index (χ1n) is 7.09. The fraction of sp³-hybridized carbons (Fsp3) is 0.929. The summed E-state index contributed by atoms with van der Waals surface area (Å²) in [5.41, 5.74) is 0. The molecule has 2 heteroatoms. The van der Waals surface area contributed by atoms with E-state index in [1.807, 2.05) is 0 Å². The number of carbonyl (C=O) groups excluding carboxylic acids is 1. The molecule has 0 amide bonds. The zero-order valence-electron chi connectivity index (χ0n) is 10.5. The van der Waals surface area contributed by atoms with Crippen LogP contribution in [0.15, 0.2) is 0 Å². The first kappa shape index (κ1) is 10.8. The van der Waals surface area contributed by atoms with E-state index >= 15 is 0 Å². The fourth-order valence-electron chi connectivity index (χ4n) is 4.52. The van der Waals surface area contributed by atoms with Gasteiger partial charge in [0.15, 0.2) is 0 Å². The Labute approximate surface area is 98.6 Å². The lowest BCUT2D eigenvalue weighted by Crippen LogP contribution is -2.59. The van der Waals surface area contributed by atoms with Crippen molar-refractivity contribution in [2.24, 2.45) is 11.8 Å². The second-order valence-electron chi connectivity index (χ2n) is 6.42. The van der Waals surface area contributed by atoms with E-state index in [0.717, 1.165) is 0 Å². The maximum Gasteiger partial charge on any atom is 0.144 e. The molecule has 90 valence electrons. The van der Waals surface area contributed by atoms with Crippen LogP contribution in [0, 0.1) is 11.8 Å². The maximum absolute atomic E-state index is 12.2. The number of Topliss-reactive ketones (excluding diaryl/α,β-unsaturated/α-hetero) is 1. The summed E-state index contributed by atoms with van der Waals surface area (Å²) >= 11 is 0. The van der Waals surface area contributed by atoms with Crippen molar-refractivity contribution in [3.63, 3.8) is 0 Å². The highest BCUT2D eigenvalue weighted by molar-refractivity contribution is 5.86. The molecule has 1 heterocycles. The second-order valence-corrected chi connectivity index (χ2v) is 6.42. The smallest absolute Gasteiger partial charge is 0.144 e. The van der Waals surface area contributed by atoms with E-state index in [4.69, 9.17) is 0 Å². The molecule has 3 atom stereocenters. The molecule has 0 spiro atoms. The highest BCUT2D eigenvalue weighted by Crippen LogP contribution is 2.43. The number of hydrogen-bond acceptors (Lipinski definition) is 1. The molecule has 1 aliphatic heterocycles. The van der Waals surface area contributed by atoms with Crippen LogP contribution >= 0.6 is 0 Å². The van der Waals surface area contributed by atoms with Crippen molar-refractivity contribution in [3.05, 3.63) is 0 Å². The average molecular weight is 222 g/mol. The van der Waals surface area contributed by atoms with Crippen molar-refractivity contribution < 1.29 is 9.28 Å². The number of piperidine rings is 1. The number of nitrogens with zero attached hydrogens (tertiary/aromatic N) is 1. The Morgan fingerprint density at radius 3 is 2.44 bits per heavy atom. The molecule has 3 fully saturated rings. The largest absolute Gasteiger partial charge is 0.323 e. The highest BCUT2D eigenvalue weighted by atomic mass is 16.1. The van der Waals surface area contributed by atoms with E-state index in [1.165, 1.54) is 62.5 Å². The molecule has 3 aliphatic rings. The summed E-state index contributed by atoms with van der Waals surface area (Å²) in [7, 11) is 2.41. The lowest BCUT2D eigenvalue weighted by Gasteiger charge is -2.47. The molecule has 2 nitrogen and oxygen atoms in total. The number of carbonyl (C=O) groups is 1. The molecule has 0 aromatic carbocycles. The van der Waals surface area contributed by atoms with Gasteiger partial charge in [0.05, 0.1) is 32.1 Å². The van der Waals surface area contributed by atoms with Crippen LogP contribution in [-0.2, 0) is 4.79 Å². The van der Waals surface area contributed by atoms with Gasteiger partial charge in [-0.05, 0) is 38.5 Å². The zero-order chi connectivity index (χ0) is 11.2. The Balaban J connectivity index is 1.81. The minimum absolute atomic E-state index is 0.432. The molecule has 0 radical (unpaired) electrons. The van der Waals surface area contributed by atoms with Gasteiger partial charge >= 0.3 is 0 Å². The fourth-order valence-corrected chi connectivity index (χ4v) is 4.52. The quantitative estimate of drug-likeness (QED) is 0.623. The summed E-state index contributed by atoms with van der Waals surface area (Å²) in [5.74, 6) is 1.51. The van der Waals surface area contributed by atoms with Crippen molar-refractivity contribution >= 4 is 5.78 Å². The molecule has 0 unspecified atom stereocenters. The van der Waals surface area contributed by atoms with Gasteiger partial charge in [-0.15, -0.1) is 0 Å². The lowest BCUT2D eigenvalue weighted by molar-refractivity contribution is -0.940. The predicted octanol–water partition coefficient (Wildman–Crippen LogP) is 2.37. The van der Waals surface area contributed by atoms with E-state index in [0.29, 0.717) is 23.7 Å². The first-order valence-corrected chi connectivity index (χ1v) is 7.09. The van der Waals surface area contributed by atoms with Gasteiger partial charge in [-0.1, -0.05) is 0 Å². The second kappa shape index (κ2) is 3.83. The van der Waals surface area contributed by atoms with E-state index in [-0.39, 0.29) is 0 Å². The third-order valence-electron chi connectivity index (χ3n) is 5.51. The monoisotopic (exact) mass is 222 g/mol. The summed E-state index contributed by atoms with van der Waals surface area (Å²) in [6.45, 7) is 2.64. The van der Waals surface area contributed by atoms with Crippen molar-refractivity contribution in [3.8, 4) is 0 Å². The Hall–Kier alpha value is -0.370. The Kier molecular flexibility index (Phi) is 2.58. The maximum atomic E-state index is 12.2. The summed E-state index contributed by atoms with van der Waals surface area (Å²) in [6.07, 6.45) is 9.05. The molecule has 16 heavy (non-hydrogen) atoms. The minimum atomic E-state index is 0.432. The highest BCUT2D eigenvalue weighted by Gasteiger charge is 2.50. The van der Waals surface area contributed by atoms with Crippen LogP contribution in [-0.4, -0.2) is 36.4 Å². The predicted molar refractivity (Wildman–Crippen MR) is 64.0 cm³/mol. The molecule has 2 bridgehead atoms. The van der Waals surface area contributed by atoms with Gasteiger partial charge in [-0.3, -0.25) is 4.79 Å². The van der Waals surface area contributed by atoms with Crippen LogP contribution in [0.25, 0.3) is 0 Å². The van der Waals surface area contributed by atoms with Gasteiger partial charge in [-0.2, -0.15) is 0 Å². The molecule has 0 aromatic rings. The number of fused-ring (bicyclic) bond motifs is 2. The van der Waals surface area contributed by atoms with Crippen LogP contribution in [0.5, 0.6) is 0 Å². The SMILES string of the molecule is C[N+]1([C@@H]2CC[C@H]3CC[C@H]2C3=O)CCCCC1. The lowest BCUT2D eigenvalue weighted by atomic mass is 9.81. The van der Waals surface area contributed by atoms with Gasteiger partial charge in [0.2, 0.25) is 0 Å². The van der Waals surface area contributed by atoms with E-state index in [1.54, 1.807) is 0 Å². The molecule has 0 N–H and O–H groups in total. The van der Waals surface area contributed by atoms with Crippen LogP contribution in [0.1, 0.15) is 44.9 Å². The van der Waals surface area contributed by atoms with Crippen molar-refractivity contribution in [1.29, 1.82) is 0 Å².